The fourth-order valence-corrected chi connectivity index (χ4v) is 3.33. The molecule has 0 saturated carbocycles. The van der Waals surface area contributed by atoms with Gasteiger partial charge in [-0.2, -0.15) is 15.3 Å². The summed E-state index contributed by atoms with van der Waals surface area (Å²) in [5, 5.41) is 14.1. The van der Waals surface area contributed by atoms with Crippen LogP contribution in [0.25, 0.3) is 5.65 Å². The number of ether oxygens (including phenoxy) is 1. The van der Waals surface area contributed by atoms with Gasteiger partial charge in [0.1, 0.15) is 17.7 Å². The van der Waals surface area contributed by atoms with Gasteiger partial charge in [-0.25, -0.2) is 14.5 Å². The lowest BCUT2D eigenvalue weighted by molar-refractivity contribution is 0.164. The van der Waals surface area contributed by atoms with Crippen molar-refractivity contribution in [2.24, 2.45) is 0 Å². The summed E-state index contributed by atoms with van der Waals surface area (Å²) in [6.45, 7) is 1.55. The first kappa shape index (κ1) is 16.6. The van der Waals surface area contributed by atoms with Crippen molar-refractivity contribution in [2.75, 3.05) is 24.2 Å². The van der Waals surface area contributed by atoms with Crippen LogP contribution in [0.4, 0.5) is 5.82 Å². The van der Waals surface area contributed by atoms with Crippen molar-refractivity contribution in [3.8, 4) is 11.9 Å². The number of hydrogen-bond donors (Lipinski definition) is 0. The Kier molecular flexibility index (Phi) is 4.58. The lowest BCUT2D eigenvalue weighted by Crippen LogP contribution is -2.39. The molecule has 0 atom stereocenters. The third kappa shape index (κ3) is 3.28. The predicted molar refractivity (Wildman–Crippen MR) is 97.4 cm³/mol. The number of rotatable bonds is 4. The number of piperidine rings is 1. The molecular weight excluding hydrogens is 350 g/mol. The molecule has 9 heteroatoms. The molecule has 3 aromatic rings. The molecule has 26 heavy (non-hydrogen) atoms. The molecular formula is C17H17N7OS. The molecule has 1 fully saturated rings. The molecule has 0 amide bonds. The summed E-state index contributed by atoms with van der Waals surface area (Å²) in [4.78, 5) is 15.3. The Bertz CT molecular complexity index is 959. The van der Waals surface area contributed by atoms with Crippen LogP contribution in [0.15, 0.2) is 35.9 Å². The predicted octanol–water partition coefficient (Wildman–Crippen LogP) is 2.16. The molecule has 0 N–H and O–H groups in total. The summed E-state index contributed by atoms with van der Waals surface area (Å²) < 4.78 is 7.74. The van der Waals surface area contributed by atoms with Crippen molar-refractivity contribution >= 4 is 23.2 Å². The highest BCUT2D eigenvalue weighted by atomic mass is 32.2. The molecule has 0 bridgehead atoms. The van der Waals surface area contributed by atoms with Crippen molar-refractivity contribution in [1.82, 2.24) is 24.6 Å². The summed E-state index contributed by atoms with van der Waals surface area (Å²) in [6, 6.07) is 5.86. The second kappa shape index (κ2) is 7.17. The summed E-state index contributed by atoms with van der Waals surface area (Å²) in [5.41, 5.74) is 1.28. The molecule has 0 aliphatic carbocycles. The second-order valence-electron chi connectivity index (χ2n) is 5.91. The van der Waals surface area contributed by atoms with Gasteiger partial charge >= 0.3 is 0 Å². The number of thioether (sulfide) groups is 1. The molecule has 1 aliphatic heterocycles. The van der Waals surface area contributed by atoms with Gasteiger partial charge in [0.2, 0.25) is 5.88 Å². The summed E-state index contributed by atoms with van der Waals surface area (Å²) >= 11 is 1.47. The minimum absolute atomic E-state index is 0.0940. The van der Waals surface area contributed by atoms with E-state index >= 15 is 0 Å². The molecule has 132 valence electrons. The molecule has 0 spiro atoms. The average molecular weight is 367 g/mol. The number of hydrogen-bond acceptors (Lipinski definition) is 8. The Morgan fingerprint density at radius 1 is 1.27 bits per heavy atom. The normalized spacial score (nSPS) is 15.2. The van der Waals surface area contributed by atoms with Crippen LogP contribution in [-0.2, 0) is 0 Å². The van der Waals surface area contributed by atoms with E-state index in [4.69, 9.17) is 4.74 Å². The van der Waals surface area contributed by atoms with Crippen LogP contribution in [0, 0.1) is 11.3 Å². The first-order chi connectivity index (χ1) is 12.8. The van der Waals surface area contributed by atoms with Crippen LogP contribution in [0.2, 0.25) is 0 Å². The molecule has 4 rings (SSSR count). The average Bonchev–Trinajstić information content (AvgIpc) is 3.16. The third-order valence-corrected chi connectivity index (χ3v) is 4.87. The van der Waals surface area contributed by atoms with Gasteiger partial charge in [-0.05, 0) is 6.26 Å². The highest BCUT2D eigenvalue weighted by Gasteiger charge is 2.24. The molecule has 1 saturated heterocycles. The lowest BCUT2D eigenvalue weighted by atomic mass is 10.1. The zero-order chi connectivity index (χ0) is 17.9. The summed E-state index contributed by atoms with van der Waals surface area (Å²) in [7, 11) is 0. The number of fused-ring (bicyclic) bond motifs is 1. The van der Waals surface area contributed by atoms with E-state index in [9.17, 15) is 5.26 Å². The van der Waals surface area contributed by atoms with Crippen molar-refractivity contribution in [1.29, 1.82) is 5.26 Å². The number of nitriles is 1. The number of aromatic nitrogens is 5. The number of anilines is 1. The second-order valence-corrected chi connectivity index (χ2v) is 6.68. The summed E-state index contributed by atoms with van der Waals surface area (Å²) in [6.07, 6.45) is 8.86. The molecule has 0 aromatic carbocycles. The van der Waals surface area contributed by atoms with Gasteiger partial charge in [0.15, 0.2) is 16.6 Å². The fourth-order valence-electron chi connectivity index (χ4n) is 2.99. The Labute approximate surface area is 154 Å². The molecule has 8 nitrogen and oxygen atoms in total. The van der Waals surface area contributed by atoms with E-state index in [-0.39, 0.29) is 6.10 Å². The van der Waals surface area contributed by atoms with E-state index in [0.29, 0.717) is 22.4 Å². The maximum atomic E-state index is 9.32. The van der Waals surface area contributed by atoms with Crippen molar-refractivity contribution in [3.63, 3.8) is 0 Å². The SMILES string of the molecule is CSc1ncc(C#N)c(N2CCC(Oc3ccn4nccc4n3)CC2)n1. The van der Waals surface area contributed by atoms with E-state index in [1.54, 1.807) is 16.9 Å². The Morgan fingerprint density at radius 3 is 2.88 bits per heavy atom. The van der Waals surface area contributed by atoms with Crippen molar-refractivity contribution in [3.05, 3.63) is 36.3 Å². The molecule has 0 radical (unpaired) electrons. The topological polar surface area (TPSA) is 92.2 Å². The van der Waals surface area contributed by atoms with Gasteiger partial charge in [0, 0.05) is 44.3 Å². The van der Waals surface area contributed by atoms with Gasteiger partial charge in [-0.3, -0.25) is 0 Å². The lowest BCUT2D eigenvalue weighted by Gasteiger charge is -2.33. The van der Waals surface area contributed by atoms with E-state index < -0.39 is 0 Å². The highest BCUT2D eigenvalue weighted by molar-refractivity contribution is 7.98. The Balaban J connectivity index is 1.43. The monoisotopic (exact) mass is 367 g/mol. The van der Waals surface area contributed by atoms with Gasteiger partial charge in [-0.1, -0.05) is 11.8 Å². The van der Waals surface area contributed by atoms with Crippen LogP contribution in [-0.4, -0.2) is 50.0 Å². The highest BCUT2D eigenvalue weighted by Crippen LogP contribution is 2.25. The maximum absolute atomic E-state index is 9.32. The third-order valence-electron chi connectivity index (χ3n) is 4.31. The van der Waals surface area contributed by atoms with Crippen LogP contribution in [0.5, 0.6) is 5.88 Å². The smallest absolute Gasteiger partial charge is 0.217 e. The summed E-state index contributed by atoms with van der Waals surface area (Å²) in [5.74, 6) is 1.32. The molecule has 0 unspecified atom stereocenters. The van der Waals surface area contributed by atoms with E-state index in [2.05, 4.69) is 31.0 Å². The van der Waals surface area contributed by atoms with Gasteiger partial charge < -0.3 is 9.64 Å². The van der Waals surface area contributed by atoms with Gasteiger partial charge in [0.25, 0.3) is 0 Å². The zero-order valence-corrected chi connectivity index (χ0v) is 15.1. The quantitative estimate of drug-likeness (QED) is 0.512. The fraction of sp³-hybridized carbons (Fsp3) is 0.353. The van der Waals surface area contributed by atoms with Crippen LogP contribution in [0.3, 0.4) is 0 Å². The van der Waals surface area contributed by atoms with Gasteiger partial charge in [0.05, 0.1) is 12.4 Å². The molecule has 1 aliphatic rings. The standard InChI is InChI=1S/C17H17N7OS/c1-26-17-19-11-12(10-18)16(22-17)23-7-3-13(4-8-23)25-15-5-9-24-14(21-15)2-6-20-24/h2,5-6,9,11,13H,3-4,7-8H2,1H3. The van der Waals surface area contributed by atoms with Gasteiger partial charge in [-0.15, -0.1) is 0 Å². The largest absolute Gasteiger partial charge is 0.474 e. The zero-order valence-electron chi connectivity index (χ0n) is 14.2. The molecule has 4 heterocycles. The Hall–Kier alpha value is -2.86. The first-order valence-electron chi connectivity index (χ1n) is 8.30. The molecule has 3 aromatic heterocycles. The number of nitrogens with zero attached hydrogens (tertiary/aromatic N) is 7. The van der Waals surface area contributed by atoms with E-state index in [0.717, 1.165) is 31.6 Å². The van der Waals surface area contributed by atoms with Crippen LogP contribution >= 0.6 is 11.8 Å². The maximum Gasteiger partial charge on any atom is 0.217 e. The van der Waals surface area contributed by atoms with Crippen LogP contribution in [0.1, 0.15) is 18.4 Å². The van der Waals surface area contributed by atoms with Crippen molar-refractivity contribution in [2.45, 2.75) is 24.1 Å². The first-order valence-corrected chi connectivity index (χ1v) is 9.52. The van der Waals surface area contributed by atoms with Crippen molar-refractivity contribution < 1.29 is 4.74 Å². The Morgan fingerprint density at radius 2 is 2.12 bits per heavy atom. The van der Waals surface area contributed by atoms with Crippen LogP contribution < -0.4 is 9.64 Å². The van der Waals surface area contributed by atoms with E-state index in [1.807, 2.05) is 24.6 Å². The minimum Gasteiger partial charge on any atom is -0.474 e. The minimum atomic E-state index is 0.0940. The van der Waals surface area contributed by atoms with E-state index in [1.165, 1.54) is 11.8 Å².